The third-order valence-electron chi connectivity index (χ3n) is 11.8. The molecule has 5 heteroatoms. The Hall–Kier alpha value is -8.41. The molecule has 0 amide bonds. The molecule has 0 atom stereocenters. The van der Waals surface area contributed by atoms with Gasteiger partial charge in [-0.05, 0) is 80.9 Å². The van der Waals surface area contributed by atoms with E-state index in [-0.39, 0.29) is 0 Å². The Labute approximate surface area is 357 Å². The van der Waals surface area contributed by atoms with E-state index in [0.29, 0.717) is 17.5 Å². The second-order valence-electron chi connectivity index (χ2n) is 15.5. The molecule has 0 saturated heterocycles. The van der Waals surface area contributed by atoms with Crippen molar-refractivity contribution in [2.45, 2.75) is 0 Å². The van der Waals surface area contributed by atoms with E-state index in [1.165, 1.54) is 11.1 Å². The van der Waals surface area contributed by atoms with Crippen molar-refractivity contribution in [2.75, 3.05) is 0 Å². The van der Waals surface area contributed by atoms with Gasteiger partial charge in [0.15, 0.2) is 17.5 Å². The quantitative estimate of drug-likeness (QED) is 0.161. The van der Waals surface area contributed by atoms with Gasteiger partial charge in [-0.25, -0.2) is 15.0 Å². The zero-order valence-electron chi connectivity index (χ0n) is 33.4. The van der Waals surface area contributed by atoms with E-state index in [2.05, 4.69) is 164 Å². The largest absolute Gasteiger partial charge is 0.456 e. The number of benzene rings is 9. The van der Waals surface area contributed by atoms with E-state index >= 15 is 0 Å². The van der Waals surface area contributed by atoms with Crippen LogP contribution in [0.1, 0.15) is 0 Å². The SMILES string of the molecule is c1ccc(-c2ccc(-c3ccc4oc5cccc(-c6nc(-c7ccccc7-c7ccccc7)nc(-c7cccc8oc9ccc(-c%10ccccc%10)cc9c78)n6)c5c4c3)cc2)cc1. The second-order valence-corrected chi connectivity index (χ2v) is 15.5. The number of hydrogen-bond donors (Lipinski definition) is 0. The summed E-state index contributed by atoms with van der Waals surface area (Å²) in [5, 5.41) is 3.89. The van der Waals surface area contributed by atoms with E-state index < -0.39 is 0 Å². The Morgan fingerprint density at radius 1 is 0.242 bits per heavy atom. The molecule has 3 aromatic heterocycles. The van der Waals surface area contributed by atoms with Crippen LogP contribution in [0.5, 0.6) is 0 Å². The average molecular weight is 794 g/mol. The van der Waals surface area contributed by atoms with Crippen molar-refractivity contribution >= 4 is 43.9 Å². The molecule has 12 aromatic rings. The van der Waals surface area contributed by atoms with Gasteiger partial charge in [-0.2, -0.15) is 0 Å². The van der Waals surface area contributed by atoms with Gasteiger partial charge in [0.05, 0.1) is 0 Å². The lowest BCUT2D eigenvalue weighted by Crippen LogP contribution is -2.01. The molecule has 12 rings (SSSR count). The molecule has 0 aliphatic carbocycles. The van der Waals surface area contributed by atoms with E-state index in [4.69, 9.17) is 23.8 Å². The first kappa shape index (κ1) is 35.5. The second kappa shape index (κ2) is 14.7. The number of hydrogen-bond acceptors (Lipinski definition) is 5. The summed E-state index contributed by atoms with van der Waals surface area (Å²) in [6.45, 7) is 0. The van der Waals surface area contributed by atoms with Crippen LogP contribution in [0.3, 0.4) is 0 Å². The first-order valence-corrected chi connectivity index (χ1v) is 20.8. The Kier molecular flexibility index (Phi) is 8.42. The number of aromatic nitrogens is 3. The average Bonchev–Trinajstić information content (AvgIpc) is 3.93. The molecule has 5 nitrogen and oxygen atoms in total. The van der Waals surface area contributed by atoms with Gasteiger partial charge >= 0.3 is 0 Å². The predicted octanol–water partition coefficient (Wildman–Crippen LogP) is 15.3. The van der Waals surface area contributed by atoms with Crippen molar-refractivity contribution in [3.63, 3.8) is 0 Å². The minimum atomic E-state index is 0.550. The van der Waals surface area contributed by atoms with E-state index in [1.807, 2.05) is 48.5 Å². The van der Waals surface area contributed by atoms with Crippen LogP contribution in [0.15, 0.2) is 221 Å². The monoisotopic (exact) mass is 793 g/mol. The fourth-order valence-corrected chi connectivity index (χ4v) is 8.79. The van der Waals surface area contributed by atoms with Gasteiger partial charge in [-0.1, -0.05) is 176 Å². The van der Waals surface area contributed by atoms with Crippen LogP contribution in [-0.4, -0.2) is 15.0 Å². The number of rotatable bonds is 7. The van der Waals surface area contributed by atoms with Crippen molar-refractivity contribution in [3.8, 4) is 78.7 Å². The van der Waals surface area contributed by atoms with Crippen LogP contribution in [0.4, 0.5) is 0 Å². The Balaban J connectivity index is 1.08. The lowest BCUT2D eigenvalue weighted by atomic mass is 9.98. The standard InChI is InChI=1S/C57H35N3O2/c1-4-14-36(15-5-1)38-26-28-39(29-27-38)42-31-33-50-48(35-42)54-46(23-13-25-52(54)62-50)57-59-55(44-21-11-10-20-43(44)40-18-8-3-9-19-40)58-56(60-57)45-22-12-24-51-53(45)47-34-41(30-32-49(47)61-51)37-16-6-2-7-17-37/h1-35H. The number of fused-ring (bicyclic) bond motifs is 6. The molecule has 9 aromatic carbocycles. The molecule has 0 saturated carbocycles. The zero-order valence-corrected chi connectivity index (χ0v) is 33.4. The predicted molar refractivity (Wildman–Crippen MR) is 252 cm³/mol. The van der Waals surface area contributed by atoms with Crippen LogP contribution in [0.25, 0.3) is 123 Å². The summed E-state index contributed by atoms with van der Waals surface area (Å²) in [6, 6.07) is 73.3. The fourth-order valence-electron chi connectivity index (χ4n) is 8.79. The van der Waals surface area contributed by atoms with Crippen LogP contribution in [0, 0.1) is 0 Å². The minimum Gasteiger partial charge on any atom is -0.456 e. The maximum absolute atomic E-state index is 6.55. The number of nitrogens with zero attached hydrogens (tertiary/aromatic N) is 3. The molecule has 0 N–H and O–H groups in total. The fraction of sp³-hybridized carbons (Fsp3) is 0. The lowest BCUT2D eigenvalue weighted by Gasteiger charge is -2.13. The molecule has 3 heterocycles. The van der Waals surface area contributed by atoms with Gasteiger partial charge < -0.3 is 8.83 Å². The lowest BCUT2D eigenvalue weighted by molar-refractivity contribution is 0.668. The van der Waals surface area contributed by atoms with Crippen LogP contribution in [-0.2, 0) is 0 Å². The molecule has 0 spiro atoms. The summed E-state index contributed by atoms with van der Waals surface area (Å²) in [6.07, 6.45) is 0. The van der Waals surface area contributed by atoms with Crippen LogP contribution < -0.4 is 0 Å². The van der Waals surface area contributed by atoms with E-state index in [0.717, 1.165) is 93.9 Å². The van der Waals surface area contributed by atoms with Gasteiger partial charge in [0.1, 0.15) is 22.3 Å². The third-order valence-corrected chi connectivity index (χ3v) is 11.8. The maximum atomic E-state index is 6.55. The summed E-state index contributed by atoms with van der Waals surface area (Å²) in [5.41, 5.74) is 14.7. The Morgan fingerprint density at radius 2 is 0.597 bits per heavy atom. The van der Waals surface area contributed by atoms with Gasteiger partial charge in [-0.15, -0.1) is 0 Å². The van der Waals surface area contributed by atoms with Gasteiger partial charge in [0.2, 0.25) is 0 Å². The van der Waals surface area contributed by atoms with Crippen molar-refractivity contribution in [1.29, 1.82) is 0 Å². The maximum Gasteiger partial charge on any atom is 0.164 e. The zero-order chi connectivity index (χ0) is 41.0. The van der Waals surface area contributed by atoms with Gasteiger partial charge in [0, 0.05) is 38.2 Å². The van der Waals surface area contributed by atoms with Crippen LogP contribution in [0.2, 0.25) is 0 Å². The van der Waals surface area contributed by atoms with Crippen molar-refractivity contribution < 1.29 is 8.83 Å². The molecule has 62 heavy (non-hydrogen) atoms. The molecule has 290 valence electrons. The van der Waals surface area contributed by atoms with Gasteiger partial charge in [0.25, 0.3) is 0 Å². The normalized spacial score (nSPS) is 11.5. The highest BCUT2D eigenvalue weighted by Crippen LogP contribution is 2.42. The highest BCUT2D eigenvalue weighted by molar-refractivity contribution is 6.14. The Bertz CT molecular complexity index is 3610. The summed E-state index contributed by atoms with van der Waals surface area (Å²) in [5.74, 6) is 1.67. The highest BCUT2D eigenvalue weighted by Gasteiger charge is 2.22. The molecule has 0 unspecified atom stereocenters. The summed E-state index contributed by atoms with van der Waals surface area (Å²) < 4.78 is 13.0. The van der Waals surface area contributed by atoms with Crippen molar-refractivity contribution in [1.82, 2.24) is 15.0 Å². The molecule has 0 aliphatic rings. The first-order chi connectivity index (χ1) is 30.7. The smallest absolute Gasteiger partial charge is 0.164 e. The van der Waals surface area contributed by atoms with Crippen molar-refractivity contribution in [3.05, 3.63) is 212 Å². The molecular formula is C57H35N3O2. The first-order valence-electron chi connectivity index (χ1n) is 20.8. The van der Waals surface area contributed by atoms with E-state index in [9.17, 15) is 0 Å². The molecule has 0 fully saturated rings. The summed E-state index contributed by atoms with van der Waals surface area (Å²) in [7, 11) is 0. The summed E-state index contributed by atoms with van der Waals surface area (Å²) in [4.78, 5) is 16.0. The van der Waals surface area contributed by atoms with Crippen molar-refractivity contribution in [2.24, 2.45) is 0 Å². The molecule has 0 bridgehead atoms. The Morgan fingerprint density at radius 3 is 1.10 bits per heavy atom. The minimum absolute atomic E-state index is 0.550. The highest BCUT2D eigenvalue weighted by atomic mass is 16.3. The molecular weight excluding hydrogens is 759 g/mol. The third kappa shape index (κ3) is 6.14. The summed E-state index contributed by atoms with van der Waals surface area (Å²) >= 11 is 0. The topological polar surface area (TPSA) is 65.0 Å². The molecule has 0 aliphatic heterocycles. The number of furan rings is 2. The van der Waals surface area contributed by atoms with E-state index in [1.54, 1.807) is 0 Å². The molecule has 0 radical (unpaired) electrons. The van der Waals surface area contributed by atoms with Gasteiger partial charge in [-0.3, -0.25) is 0 Å². The van der Waals surface area contributed by atoms with Crippen LogP contribution >= 0.6 is 0 Å².